The molecule has 4 nitrogen and oxygen atoms in total. The molecule has 0 aliphatic carbocycles. The number of nitrogens with one attached hydrogen (secondary N) is 1. The predicted molar refractivity (Wildman–Crippen MR) is 74.1 cm³/mol. The minimum atomic E-state index is -0.817. The SMILES string of the molecule is Cc1ccc(N(C)CC(NC(C)C)C(=O)O)cc1. The van der Waals surface area contributed by atoms with Gasteiger partial charge in [0, 0.05) is 25.3 Å². The fourth-order valence-corrected chi connectivity index (χ4v) is 1.78. The van der Waals surface area contributed by atoms with Crippen LogP contribution in [0.1, 0.15) is 19.4 Å². The van der Waals surface area contributed by atoms with Crippen molar-refractivity contribution < 1.29 is 9.90 Å². The van der Waals surface area contributed by atoms with Crippen molar-refractivity contribution in [1.82, 2.24) is 5.32 Å². The number of likely N-dealkylation sites (N-methyl/N-ethyl adjacent to an activating group) is 1. The first-order valence-electron chi connectivity index (χ1n) is 6.17. The summed E-state index contributed by atoms with van der Waals surface area (Å²) >= 11 is 0. The molecule has 100 valence electrons. The summed E-state index contributed by atoms with van der Waals surface area (Å²) in [5.74, 6) is -0.817. The number of carboxylic acid groups (broad SMARTS) is 1. The first kappa shape index (κ1) is 14.5. The molecule has 2 N–H and O–H groups in total. The molecule has 1 aromatic carbocycles. The van der Waals surface area contributed by atoms with Crippen LogP contribution in [0, 0.1) is 6.92 Å². The Hall–Kier alpha value is -1.55. The number of nitrogens with zero attached hydrogens (tertiary/aromatic N) is 1. The predicted octanol–water partition coefficient (Wildman–Crippen LogP) is 1.88. The second kappa shape index (κ2) is 6.40. The van der Waals surface area contributed by atoms with Crippen molar-refractivity contribution in [2.24, 2.45) is 0 Å². The lowest BCUT2D eigenvalue weighted by Crippen LogP contribution is -2.47. The van der Waals surface area contributed by atoms with E-state index in [0.717, 1.165) is 5.69 Å². The van der Waals surface area contributed by atoms with E-state index in [1.165, 1.54) is 5.56 Å². The van der Waals surface area contributed by atoms with E-state index in [1.807, 2.05) is 57.0 Å². The molecule has 4 heteroatoms. The molecule has 0 aliphatic heterocycles. The minimum Gasteiger partial charge on any atom is -0.480 e. The van der Waals surface area contributed by atoms with Gasteiger partial charge in [0.1, 0.15) is 6.04 Å². The normalized spacial score (nSPS) is 12.5. The molecule has 1 atom stereocenters. The van der Waals surface area contributed by atoms with Crippen LogP contribution in [0.5, 0.6) is 0 Å². The van der Waals surface area contributed by atoms with E-state index in [-0.39, 0.29) is 6.04 Å². The van der Waals surface area contributed by atoms with E-state index in [2.05, 4.69) is 5.32 Å². The summed E-state index contributed by atoms with van der Waals surface area (Å²) in [4.78, 5) is 13.1. The fourth-order valence-electron chi connectivity index (χ4n) is 1.78. The molecule has 18 heavy (non-hydrogen) atoms. The molecule has 0 saturated heterocycles. The van der Waals surface area contributed by atoms with Gasteiger partial charge in [-0.15, -0.1) is 0 Å². The molecule has 0 bridgehead atoms. The number of carbonyl (C=O) groups is 1. The van der Waals surface area contributed by atoms with Crippen LogP contribution < -0.4 is 10.2 Å². The van der Waals surface area contributed by atoms with Crippen molar-refractivity contribution >= 4 is 11.7 Å². The average molecular weight is 250 g/mol. The van der Waals surface area contributed by atoms with E-state index >= 15 is 0 Å². The van der Waals surface area contributed by atoms with E-state index in [0.29, 0.717) is 6.54 Å². The third-order valence-corrected chi connectivity index (χ3v) is 2.76. The highest BCUT2D eigenvalue weighted by molar-refractivity contribution is 5.74. The number of anilines is 1. The summed E-state index contributed by atoms with van der Waals surface area (Å²) in [6.45, 7) is 6.37. The summed E-state index contributed by atoms with van der Waals surface area (Å²) in [7, 11) is 1.91. The van der Waals surface area contributed by atoms with Gasteiger partial charge >= 0.3 is 5.97 Å². The van der Waals surface area contributed by atoms with Crippen LogP contribution in [0.25, 0.3) is 0 Å². The molecule has 0 amide bonds. The van der Waals surface area contributed by atoms with Gasteiger partial charge in [-0.1, -0.05) is 31.5 Å². The molecule has 0 radical (unpaired) electrons. The molecule has 0 heterocycles. The van der Waals surface area contributed by atoms with Crippen molar-refractivity contribution in [3.05, 3.63) is 29.8 Å². The Bertz CT molecular complexity index is 387. The lowest BCUT2D eigenvalue weighted by atomic mass is 10.2. The Labute approximate surface area is 109 Å². The average Bonchev–Trinajstić information content (AvgIpc) is 2.28. The Morgan fingerprint density at radius 1 is 1.33 bits per heavy atom. The maximum absolute atomic E-state index is 11.2. The quantitative estimate of drug-likeness (QED) is 0.809. The standard InChI is InChI=1S/C14H22N2O2/c1-10(2)15-13(14(17)18)9-16(4)12-7-5-11(3)6-8-12/h5-8,10,13,15H,9H2,1-4H3,(H,17,18). The van der Waals surface area contributed by atoms with E-state index < -0.39 is 12.0 Å². The van der Waals surface area contributed by atoms with Crippen molar-refractivity contribution in [2.45, 2.75) is 32.9 Å². The molecule has 1 aromatic rings. The zero-order valence-corrected chi connectivity index (χ0v) is 11.5. The monoisotopic (exact) mass is 250 g/mol. The summed E-state index contributed by atoms with van der Waals surface area (Å²) in [5.41, 5.74) is 2.22. The van der Waals surface area contributed by atoms with Crippen LogP contribution in [-0.4, -0.2) is 36.8 Å². The topological polar surface area (TPSA) is 52.6 Å². The Kier molecular flexibility index (Phi) is 5.16. The Balaban J connectivity index is 2.68. The van der Waals surface area contributed by atoms with Gasteiger partial charge in [-0.25, -0.2) is 0 Å². The Morgan fingerprint density at radius 2 is 1.89 bits per heavy atom. The van der Waals surface area contributed by atoms with E-state index in [1.54, 1.807) is 0 Å². The molecule has 1 unspecified atom stereocenters. The van der Waals surface area contributed by atoms with Crippen LogP contribution in [0.2, 0.25) is 0 Å². The van der Waals surface area contributed by atoms with E-state index in [9.17, 15) is 9.90 Å². The van der Waals surface area contributed by atoms with Gasteiger partial charge in [-0.3, -0.25) is 4.79 Å². The van der Waals surface area contributed by atoms with Crippen molar-refractivity contribution in [2.75, 3.05) is 18.5 Å². The van der Waals surface area contributed by atoms with Gasteiger partial charge in [-0.05, 0) is 19.1 Å². The van der Waals surface area contributed by atoms with Gasteiger partial charge in [0.2, 0.25) is 0 Å². The smallest absolute Gasteiger partial charge is 0.322 e. The van der Waals surface area contributed by atoms with E-state index in [4.69, 9.17) is 0 Å². The van der Waals surface area contributed by atoms with Crippen LogP contribution in [0.3, 0.4) is 0 Å². The lowest BCUT2D eigenvalue weighted by Gasteiger charge is -2.25. The second-order valence-corrected chi connectivity index (χ2v) is 4.93. The van der Waals surface area contributed by atoms with Gasteiger partial charge in [-0.2, -0.15) is 0 Å². The number of hydrogen-bond acceptors (Lipinski definition) is 3. The summed E-state index contributed by atoms with van der Waals surface area (Å²) in [5, 5.41) is 12.2. The molecular formula is C14H22N2O2. The van der Waals surface area contributed by atoms with Gasteiger partial charge in [0.15, 0.2) is 0 Å². The molecule has 1 rings (SSSR count). The highest BCUT2D eigenvalue weighted by atomic mass is 16.4. The van der Waals surface area contributed by atoms with Crippen LogP contribution in [0.4, 0.5) is 5.69 Å². The molecule has 0 fully saturated rings. The highest BCUT2D eigenvalue weighted by Crippen LogP contribution is 2.13. The highest BCUT2D eigenvalue weighted by Gasteiger charge is 2.20. The maximum atomic E-state index is 11.2. The van der Waals surface area contributed by atoms with Crippen molar-refractivity contribution in [1.29, 1.82) is 0 Å². The second-order valence-electron chi connectivity index (χ2n) is 4.93. The summed E-state index contributed by atoms with van der Waals surface area (Å²) in [6.07, 6.45) is 0. The number of hydrogen-bond donors (Lipinski definition) is 2. The molecular weight excluding hydrogens is 228 g/mol. The number of benzene rings is 1. The first-order chi connectivity index (χ1) is 8.40. The fraction of sp³-hybridized carbons (Fsp3) is 0.500. The molecule has 0 aromatic heterocycles. The van der Waals surface area contributed by atoms with Crippen LogP contribution >= 0.6 is 0 Å². The summed E-state index contributed by atoms with van der Waals surface area (Å²) in [6, 6.07) is 7.65. The molecule has 0 spiro atoms. The number of aryl methyl sites for hydroxylation is 1. The van der Waals surface area contributed by atoms with Crippen molar-refractivity contribution in [3.63, 3.8) is 0 Å². The third-order valence-electron chi connectivity index (χ3n) is 2.76. The summed E-state index contributed by atoms with van der Waals surface area (Å²) < 4.78 is 0. The van der Waals surface area contributed by atoms with Crippen LogP contribution in [0.15, 0.2) is 24.3 Å². The van der Waals surface area contributed by atoms with Crippen molar-refractivity contribution in [3.8, 4) is 0 Å². The minimum absolute atomic E-state index is 0.150. The molecule has 0 saturated carbocycles. The zero-order valence-electron chi connectivity index (χ0n) is 11.5. The first-order valence-corrected chi connectivity index (χ1v) is 6.17. The number of rotatable bonds is 6. The number of aliphatic carboxylic acids is 1. The number of carboxylic acids is 1. The largest absolute Gasteiger partial charge is 0.480 e. The maximum Gasteiger partial charge on any atom is 0.322 e. The lowest BCUT2D eigenvalue weighted by molar-refractivity contribution is -0.139. The zero-order chi connectivity index (χ0) is 13.7. The third kappa shape index (κ3) is 4.37. The van der Waals surface area contributed by atoms with Gasteiger partial charge in [0.25, 0.3) is 0 Å². The molecule has 0 aliphatic rings. The van der Waals surface area contributed by atoms with Gasteiger partial charge < -0.3 is 15.3 Å². The van der Waals surface area contributed by atoms with Gasteiger partial charge in [0.05, 0.1) is 0 Å². The van der Waals surface area contributed by atoms with Crippen LogP contribution in [-0.2, 0) is 4.79 Å². The Morgan fingerprint density at radius 3 is 2.33 bits per heavy atom.